The van der Waals surface area contributed by atoms with Gasteiger partial charge in [0.1, 0.15) is 5.82 Å². The van der Waals surface area contributed by atoms with Crippen molar-refractivity contribution in [1.82, 2.24) is 0 Å². The molecule has 6 nitrogen and oxygen atoms in total. The second kappa shape index (κ2) is 9.24. The maximum absolute atomic E-state index is 14.1. The van der Waals surface area contributed by atoms with Gasteiger partial charge < -0.3 is 15.5 Å². The lowest BCUT2D eigenvalue weighted by Crippen LogP contribution is -2.28. The van der Waals surface area contributed by atoms with Crippen LogP contribution in [0.4, 0.5) is 21.5 Å². The number of hydrogen-bond donors (Lipinski definition) is 2. The summed E-state index contributed by atoms with van der Waals surface area (Å²) in [4.78, 5) is 39.5. The van der Waals surface area contributed by atoms with Crippen LogP contribution in [-0.2, 0) is 9.59 Å². The summed E-state index contributed by atoms with van der Waals surface area (Å²) >= 11 is 0. The maximum Gasteiger partial charge on any atom is 0.255 e. The SMILES string of the molecule is Cc1cccc(NC(=O)c2cccc(N3C[C@@H](C(=O)Nc4ccc(C)cc4F)CC3=O)c2)c1. The van der Waals surface area contributed by atoms with Gasteiger partial charge in [0.15, 0.2) is 0 Å². The van der Waals surface area contributed by atoms with E-state index in [1.165, 1.54) is 17.0 Å². The molecule has 3 aromatic rings. The molecule has 1 fully saturated rings. The zero-order valence-electron chi connectivity index (χ0n) is 18.4. The Kier molecular flexibility index (Phi) is 6.22. The van der Waals surface area contributed by atoms with E-state index in [0.717, 1.165) is 11.1 Å². The fraction of sp³-hybridized carbons (Fsp3) is 0.192. The highest BCUT2D eigenvalue weighted by atomic mass is 19.1. The monoisotopic (exact) mass is 445 g/mol. The molecule has 33 heavy (non-hydrogen) atoms. The van der Waals surface area contributed by atoms with E-state index in [9.17, 15) is 18.8 Å². The highest BCUT2D eigenvalue weighted by molar-refractivity contribution is 6.07. The van der Waals surface area contributed by atoms with Crippen molar-refractivity contribution in [3.05, 3.63) is 89.2 Å². The van der Waals surface area contributed by atoms with Crippen molar-refractivity contribution in [2.24, 2.45) is 5.92 Å². The molecule has 0 bridgehead atoms. The molecule has 7 heteroatoms. The topological polar surface area (TPSA) is 78.5 Å². The number of carbonyl (C=O) groups is 3. The fourth-order valence-electron chi connectivity index (χ4n) is 3.83. The van der Waals surface area contributed by atoms with Gasteiger partial charge in [0, 0.05) is 29.9 Å². The number of nitrogens with one attached hydrogen (secondary N) is 2. The third-order valence-electron chi connectivity index (χ3n) is 5.57. The van der Waals surface area contributed by atoms with Crippen molar-refractivity contribution in [3.63, 3.8) is 0 Å². The van der Waals surface area contributed by atoms with Crippen LogP contribution in [0.1, 0.15) is 27.9 Å². The van der Waals surface area contributed by atoms with Gasteiger partial charge in [-0.2, -0.15) is 0 Å². The number of carbonyl (C=O) groups excluding carboxylic acids is 3. The van der Waals surface area contributed by atoms with Crippen LogP contribution in [0.3, 0.4) is 0 Å². The van der Waals surface area contributed by atoms with Crippen LogP contribution in [0.2, 0.25) is 0 Å². The number of hydrogen-bond acceptors (Lipinski definition) is 3. The van der Waals surface area contributed by atoms with Gasteiger partial charge in [-0.1, -0.05) is 24.3 Å². The summed E-state index contributed by atoms with van der Waals surface area (Å²) in [5, 5.41) is 5.43. The summed E-state index contributed by atoms with van der Waals surface area (Å²) < 4.78 is 14.1. The molecule has 0 radical (unpaired) electrons. The molecule has 0 spiro atoms. The maximum atomic E-state index is 14.1. The third-order valence-corrected chi connectivity index (χ3v) is 5.57. The van der Waals surface area contributed by atoms with Gasteiger partial charge in [-0.25, -0.2) is 4.39 Å². The first-order chi connectivity index (χ1) is 15.8. The largest absolute Gasteiger partial charge is 0.323 e. The first-order valence-electron chi connectivity index (χ1n) is 10.7. The summed E-state index contributed by atoms with van der Waals surface area (Å²) in [6.07, 6.45) is 0.0129. The molecule has 1 atom stereocenters. The molecule has 0 aromatic heterocycles. The molecule has 0 saturated carbocycles. The average molecular weight is 445 g/mol. The van der Waals surface area contributed by atoms with Gasteiger partial charge in [-0.15, -0.1) is 0 Å². The first-order valence-corrected chi connectivity index (χ1v) is 10.7. The van der Waals surface area contributed by atoms with Crippen molar-refractivity contribution in [1.29, 1.82) is 0 Å². The van der Waals surface area contributed by atoms with Crippen LogP contribution in [0.5, 0.6) is 0 Å². The molecular formula is C26H24FN3O3. The van der Waals surface area contributed by atoms with Gasteiger partial charge in [0.2, 0.25) is 11.8 Å². The predicted octanol–water partition coefficient (Wildman–Crippen LogP) is 4.69. The highest BCUT2D eigenvalue weighted by Gasteiger charge is 2.35. The van der Waals surface area contributed by atoms with E-state index in [1.54, 1.807) is 43.3 Å². The van der Waals surface area contributed by atoms with Gasteiger partial charge in [-0.3, -0.25) is 14.4 Å². The summed E-state index contributed by atoms with van der Waals surface area (Å²) in [5.41, 5.74) is 3.48. The van der Waals surface area contributed by atoms with Crippen molar-refractivity contribution < 1.29 is 18.8 Å². The Bertz CT molecular complexity index is 1240. The van der Waals surface area contributed by atoms with Crippen molar-refractivity contribution in [2.45, 2.75) is 20.3 Å². The highest BCUT2D eigenvalue weighted by Crippen LogP contribution is 2.27. The summed E-state index contributed by atoms with van der Waals surface area (Å²) in [6.45, 7) is 3.85. The second-order valence-corrected chi connectivity index (χ2v) is 8.25. The van der Waals surface area contributed by atoms with Gasteiger partial charge in [0.05, 0.1) is 11.6 Å². The van der Waals surface area contributed by atoms with Crippen LogP contribution in [-0.4, -0.2) is 24.3 Å². The normalized spacial score (nSPS) is 15.4. The number of rotatable bonds is 5. The average Bonchev–Trinajstić information content (AvgIpc) is 3.17. The Labute approximate surface area is 191 Å². The lowest BCUT2D eigenvalue weighted by atomic mass is 10.1. The molecule has 3 aromatic carbocycles. The van der Waals surface area contributed by atoms with Crippen LogP contribution >= 0.6 is 0 Å². The van der Waals surface area contributed by atoms with E-state index >= 15 is 0 Å². The van der Waals surface area contributed by atoms with E-state index in [1.807, 2.05) is 25.1 Å². The van der Waals surface area contributed by atoms with Crippen molar-refractivity contribution in [2.75, 3.05) is 22.1 Å². The smallest absolute Gasteiger partial charge is 0.255 e. The van der Waals surface area contributed by atoms with Gasteiger partial charge in [-0.05, 0) is 67.4 Å². The number of amides is 3. The fourth-order valence-corrected chi connectivity index (χ4v) is 3.83. The Morgan fingerprint density at radius 2 is 1.70 bits per heavy atom. The van der Waals surface area contributed by atoms with Crippen molar-refractivity contribution >= 4 is 34.8 Å². The van der Waals surface area contributed by atoms with E-state index in [0.29, 0.717) is 16.9 Å². The van der Waals surface area contributed by atoms with E-state index in [4.69, 9.17) is 0 Å². The molecule has 1 heterocycles. The summed E-state index contributed by atoms with van der Waals surface area (Å²) in [5.74, 6) is -2.07. The standard InChI is InChI=1S/C26H24FN3O3/c1-16-5-3-7-20(11-16)28-25(32)18-6-4-8-21(13-18)30-15-19(14-24(30)31)26(33)29-23-10-9-17(2)12-22(23)27/h3-13,19H,14-15H2,1-2H3,(H,28,32)(H,29,33)/t19-/m0/s1. The molecule has 1 aliphatic rings. The van der Waals surface area contributed by atoms with Crippen LogP contribution in [0, 0.1) is 25.6 Å². The third kappa shape index (κ3) is 5.09. The Balaban J connectivity index is 1.45. The van der Waals surface area contributed by atoms with Crippen LogP contribution in [0.25, 0.3) is 0 Å². The molecule has 2 N–H and O–H groups in total. The van der Waals surface area contributed by atoms with Crippen LogP contribution < -0.4 is 15.5 Å². The minimum absolute atomic E-state index is 0.0129. The van der Waals surface area contributed by atoms with E-state index < -0.39 is 17.6 Å². The quantitative estimate of drug-likeness (QED) is 0.598. The molecule has 168 valence electrons. The number of benzene rings is 3. The number of halogens is 1. The lowest BCUT2D eigenvalue weighted by Gasteiger charge is -2.18. The Morgan fingerprint density at radius 1 is 0.939 bits per heavy atom. The minimum Gasteiger partial charge on any atom is -0.323 e. The lowest BCUT2D eigenvalue weighted by molar-refractivity contribution is -0.122. The Hall–Kier alpha value is -4.00. The molecule has 3 amide bonds. The molecule has 0 unspecified atom stereocenters. The first kappa shape index (κ1) is 22.2. The Morgan fingerprint density at radius 3 is 2.45 bits per heavy atom. The summed E-state index contributed by atoms with van der Waals surface area (Å²) in [7, 11) is 0. The van der Waals surface area contributed by atoms with Gasteiger partial charge >= 0.3 is 0 Å². The summed E-state index contributed by atoms with van der Waals surface area (Å²) in [6, 6.07) is 18.7. The van der Waals surface area contributed by atoms with Crippen molar-refractivity contribution in [3.8, 4) is 0 Å². The number of nitrogens with zero attached hydrogens (tertiary/aromatic N) is 1. The number of anilines is 3. The second-order valence-electron chi connectivity index (χ2n) is 8.25. The van der Waals surface area contributed by atoms with Crippen LogP contribution in [0.15, 0.2) is 66.7 Å². The zero-order valence-corrected chi connectivity index (χ0v) is 18.4. The molecule has 1 saturated heterocycles. The molecule has 1 aliphatic heterocycles. The zero-order chi connectivity index (χ0) is 23.5. The van der Waals surface area contributed by atoms with Gasteiger partial charge in [0.25, 0.3) is 5.91 Å². The predicted molar refractivity (Wildman–Crippen MR) is 126 cm³/mol. The molecule has 4 rings (SSSR count). The number of aryl methyl sites for hydroxylation is 2. The van der Waals surface area contributed by atoms with E-state index in [2.05, 4.69) is 10.6 Å². The molecular weight excluding hydrogens is 421 g/mol. The molecule has 0 aliphatic carbocycles. The van der Waals surface area contributed by atoms with E-state index in [-0.39, 0.29) is 30.5 Å². The minimum atomic E-state index is -0.622.